The Morgan fingerprint density at radius 2 is 0.658 bits per heavy atom. The monoisotopic (exact) mass is 500 g/mol. The molecule has 0 unspecified atom stereocenters. The molecule has 0 heterocycles. The molecule has 6 heteroatoms. The summed E-state index contributed by atoms with van der Waals surface area (Å²) in [6.45, 7) is 0. The molecular formula is C32H24N2O4. The van der Waals surface area contributed by atoms with Crippen molar-refractivity contribution < 1.29 is 19.8 Å². The summed E-state index contributed by atoms with van der Waals surface area (Å²) in [6.07, 6.45) is 0. The third kappa shape index (κ3) is 4.83. The predicted molar refractivity (Wildman–Crippen MR) is 150 cm³/mol. The molecule has 0 radical (unpaired) electrons. The molecule has 0 fully saturated rings. The second kappa shape index (κ2) is 10.7. The Balaban J connectivity index is 1.81. The molecule has 0 aromatic heterocycles. The Bertz CT molecular complexity index is 1360. The van der Waals surface area contributed by atoms with Gasteiger partial charge in [-0.15, -0.1) is 0 Å². The summed E-state index contributed by atoms with van der Waals surface area (Å²) in [5, 5.41) is 20.8. The molecule has 38 heavy (non-hydrogen) atoms. The van der Waals surface area contributed by atoms with Crippen molar-refractivity contribution in [2.24, 2.45) is 0 Å². The molecule has 5 aromatic rings. The number of anilines is 6. The molecule has 0 aliphatic carbocycles. The van der Waals surface area contributed by atoms with Crippen molar-refractivity contribution in [2.75, 3.05) is 9.80 Å². The molecule has 0 atom stereocenters. The molecule has 0 aliphatic rings. The minimum atomic E-state index is -1.17. The van der Waals surface area contributed by atoms with Crippen LogP contribution in [0.1, 0.15) is 20.7 Å². The average molecular weight is 501 g/mol. The average Bonchev–Trinajstić information content (AvgIpc) is 2.96. The van der Waals surface area contributed by atoms with Gasteiger partial charge in [0.2, 0.25) is 0 Å². The van der Waals surface area contributed by atoms with Crippen LogP contribution in [0, 0.1) is 0 Å². The van der Waals surface area contributed by atoms with Crippen LogP contribution < -0.4 is 9.80 Å². The summed E-state index contributed by atoms with van der Waals surface area (Å²) in [5.41, 5.74) is 3.24. The van der Waals surface area contributed by atoms with E-state index in [2.05, 4.69) is 0 Å². The van der Waals surface area contributed by atoms with Gasteiger partial charge in [-0.2, -0.15) is 0 Å². The summed E-state index contributed by atoms with van der Waals surface area (Å²) >= 11 is 0. The van der Waals surface area contributed by atoms with E-state index in [1.165, 1.54) is 12.1 Å². The van der Waals surface area contributed by atoms with E-state index >= 15 is 0 Å². The third-order valence-electron chi connectivity index (χ3n) is 6.11. The number of hydrogen-bond donors (Lipinski definition) is 2. The standard InChI is InChI=1S/C32H24N2O4/c35-31(36)27-22-30(34(25-17-9-3-10-18-25)26-19-11-4-12-20-26)28(32(37)38)21-29(27)33(23-13-5-1-6-14-23)24-15-7-2-8-16-24/h1-22H,(H,35,36)(H,37,38). The molecule has 0 saturated carbocycles. The molecule has 5 rings (SSSR count). The summed E-state index contributed by atoms with van der Waals surface area (Å²) in [5.74, 6) is -2.34. The molecule has 186 valence electrons. The van der Waals surface area contributed by atoms with Gasteiger partial charge in [0.15, 0.2) is 0 Å². The first kappa shape index (κ1) is 24.3. The lowest BCUT2D eigenvalue weighted by molar-refractivity contribution is 0.0682. The summed E-state index contributed by atoms with van der Waals surface area (Å²) in [7, 11) is 0. The lowest BCUT2D eigenvalue weighted by Gasteiger charge is -2.30. The maximum absolute atomic E-state index is 12.7. The van der Waals surface area contributed by atoms with Crippen molar-refractivity contribution in [1.82, 2.24) is 0 Å². The lowest BCUT2D eigenvalue weighted by atomic mass is 10.0. The first-order chi connectivity index (χ1) is 18.5. The number of benzene rings is 5. The van der Waals surface area contributed by atoms with Crippen LogP contribution in [-0.2, 0) is 0 Å². The minimum absolute atomic E-state index is 0.0328. The van der Waals surface area contributed by atoms with E-state index in [9.17, 15) is 19.8 Å². The second-order valence-corrected chi connectivity index (χ2v) is 8.51. The zero-order chi connectivity index (χ0) is 26.5. The zero-order valence-corrected chi connectivity index (χ0v) is 20.3. The Morgan fingerprint density at radius 1 is 0.421 bits per heavy atom. The fraction of sp³-hybridized carbons (Fsp3) is 0. The molecular weight excluding hydrogens is 476 g/mol. The Morgan fingerprint density at radius 3 is 0.868 bits per heavy atom. The van der Waals surface area contributed by atoms with Gasteiger partial charge in [0, 0.05) is 22.7 Å². The molecule has 0 saturated heterocycles. The number of aromatic carboxylic acids is 2. The van der Waals surface area contributed by atoms with Gasteiger partial charge in [-0.05, 0) is 60.7 Å². The van der Waals surface area contributed by atoms with Crippen LogP contribution in [-0.4, -0.2) is 22.2 Å². The maximum Gasteiger partial charge on any atom is 0.337 e. The highest BCUT2D eigenvalue weighted by Gasteiger charge is 2.27. The highest BCUT2D eigenvalue weighted by molar-refractivity contribution is 6.06. The predicted octanol–water partition coefficient (Wildman–Crippen LogP) is 8.02. The summed E-state index contributed by atoms with van der Waals surface area (Å²) < 4.78 is 0. The third-order valence-corrected chi connectivity index (χ3v) is 6.11. The Kier molecular flexibility index (Phi) is 6.87. The van der Waals surface area contributed by atoms with Crippen molar-refractivity contribution in [2.45, 2.75) is 0 Å². The van der Waals surface area contributed by atoms with Crippen LogP contribution in [0.15, 0.2) is 133 Å². The molecule has 0 aliphatic heterocycles. The van der Waals surface area contributed by atoms with Crippen molar-refractivity contribution in [3.63, 3.8) is 0 Å². The van der Waals surface area contributed by atoms with Gasteiger partial charge in [0.25, 0.3) is 0 Å². The first-order valence-corrected chi connectivity index (χ1v) is 12.0. The van der Waals surface area contributed by atoms with E-state index in [0.717, 1.165) is 0 Å². The van der Waals surface area contributed by atoms with Crippen molar-refractivity contribution >= 4 is 46.1 Å². The van der Waals surface area contributed by atoms with Gasteiger partial charge in [0.1, 0.15) is 0 Å². The van der Waals surface area contributed by atoms with Crippen LogP contribution >= 0.6 is 0 Å². The van der Waals surface area contributed by atoms with E-state index < -0.39 is 11.9 Å². The largest absolute Gasteiger partial charge is 0.478 e. The van der Waals surface area contributed by atoms with Gasteiger partial charge in [-0.1, -0.05) is 72.8 Å². The topological polar surface area (TPSA) is 81.1 Å². The number of hydrogen-bond acceptors (Lipinski definition) is 4. The van der Waals surface area contributed by atoms with Gasteiger partial charge in [-0.25, -0.2) is 9.59 Å². The Labute approximate surface area is 220 Å². The normalized spacial score (nSPS) is 10.5. The molecule has 0 spiro atoms. The fourth-order valence-corrected chi connectivity index (χ4v) is 4.45. The van der Waals surface area contributed by atoms with Crippen LogP contribution in [0.3, 0.4) is 0 Å². The van der Waals surface area contributed by atoms with E-state index in [1.54, 1.807) is 9.80 Å². The van der Waals surface area contributed by atoms with E-state index in [1.807, 2.05) is 121 Å². The van der Waals surface area contributed by atoms with Crippen LogP contribution in [0.5, 0.6) is 0 Å². The van der Waals surface area contributed by atoms with Gasteiger partial charge in [0.05, 0.1) is 22.5 Å². The molecule has 0 amide bonds. The number of carboxylic acid groups (broad SMARTS) is 2. The summed E-state index contributed by atoms with van der Waals surface area (Å²) in [6, 6.07) is 40.0. The first-order valence-electron chi connectivity index (χ1n) is 12.0. The highest BCUT2D eigenvalue weighted by Crippen LogP contribution is 2.43. The van der Waals surface area contributed by atoms with E-state index in [4.69, 9.17) is 0 Å². The minimum Gasteiger partial charge on any atom is -0.478 e. The molecule has 5 aromatic carbocycles. The van der Waals surface area contributed by atoms with Crippen LogP contribution in [0.25, 0.3) is 0 Å². The van der Waals surface area contributed by atoms with Crippen molar-refractivity contribution in [1.29, 1.82) is 0 Å². The Hall–Kier alpha value is -5.36. The van der Waals surface area contributed by atoms with Gasteiger partial charge < -0.3 is 20.0 Å². The highest BCUT2D eigenvalue weighted by atomic mass is 16.4. The van der Waals surface area contributed by atoms with Gasteiger partial charge >= 0.3 is 11.9 Å². The smallest absolute Gasteiger partial charge is 0.337 e. The van der Waals surface area contributed by atoms with E-state index in [0.29, 0.717) is 22.7 Å². The van der Waals surface area contributed by atoms with Crippen molar-refractivity contribution in [3.8, 4) is 0 Å². The summed E-state index contributed by atoms with van der Waals surface area (Å²) in [4.78, 5) is 29.0. The second-order valence-electron chi connectivity index (χ2n) is 8.51. The SMILES string of the molecule is O=C(O)c1cc(N(c2ccccc2)c2ccccc2)c(C(=O)O)cc1N(c1ccccc1)c1ccccc1. The molecule has 2 N–H and O–H groups in total. The van der Waals surface area contributed by atoms with Crippen LogP contribution in [0.4, 0.5) is 34.1 Å². The quantitative estimate of drug-likeness (QED) is 0.224. The number of para-hydroxylation sites is 4. The van der Waals surface area contributed by atoms with Crippen LogP contribution in [0.2, 0.25) is 0 Å². The van der Waals surface area contributed by atoms with E-state index in [-0.39, 0.29) is 22.5 Å². The zero-order valence-electron chi connectivity index (χ0n) is 20.3. The maximum atomic E-state index is 12.7. The number of carbonyl (C=O) groups is 2. The van der Waals surface area contributed by atoms with Crippen molar-refractivity contribution in [3.05, 3.63) is 145 Å². The fourth-order valence-electron chi connectivity index (χ4n) is 4.45. The van der Waals surface area contributed by atoms with Gasteiger partial charge in [-0.3, -0.25) is 0 Å². The number of nitrogens with zero attached hydrogens (tertiary/aromatic N) is 2. The molecule has 6 nitrogen and oxygen atoms in total. The number of rotatable bonds is 8. The molecule has 0 bridgehead atoms. The lowest BCUT2D eigenvalue weighted by Crippen LogP contribution is -2.19. The number of carboxylic acids is 2.